The molecule has 0 spiro atoms. The van der Waals surface area contributed by atoms with Crippen molar-refractivity contribution < 1.29 is 9.90 Å². The quantitative estimate of drug-likeness (QED) is 0.792. The van der Waals surface area contributed by atoms with Crippen LogP contribution < -0.4 is 5.32 Å². The van der Waals surface area contributed by atoms with Crippen molar-refractivity contribution in [1.29, 1.82) is 0 Å². The summed E-state index contributed by atoms with van der Waals surface area (Å²) in [5.41, 5.74) is 2.64. The number of aromatic nitrogens is 1. The topological polar surface area (TPSA) is 62.2 Å². The van der Waals surface area contributed by atoms with Gasteiger partial charge in [0, 0.05) is 10.9 Å². The molecule has 2 N–H and O–H groups in total. The van der Waals surface area contributed by atoms with Crippen molar-refractivity contribution in [3.63, 3.8) is 0 Å². The van der Waals surface area contributed by atoms with Crippen LogP contribution in [0.2, 0.25) is 0 Å². The highest BCUT2D eigenvalue weighted by Crippen LogP contribution is 2.23. The number of carbonyl (C=O) groups is 1. The normalized spacial score (nSPS) is 11.2. The summed E-state index contributed by atoms with van der Waals surface area (Å²) >= 11 is 1.34. The molecule has 5 heteroatoms. The molecule has 0 unspecified atom stereocenters. The Bertz CT molecular complexity index is 788. The Morgan fingerprint density at radius 3 is 2.87 bits per heavy atom. The van der Waals surface area contributed by atoms with Gasteiger partial charge in [-0.3, -0.25) is 10.1 Å². The van der Waals surface area contributed by atoms with Crippen LogP contribution in [-0.2, 0) is 0 Å². The van der Waals surface area contributed by atoms with E-state index in [1.807, 2.05) is 36.6 Å². The molecule has 0 aliphatic heterocycles. The van der Waals surface area contributed by atoms with Crippen molar-refractivity contribution in [2.75, 3.05) is 5.32 Å². The summed E-state index contributed by atoms with van der Waals surface area (Å²) < 4.78 is 0. The number of phenolic OH excluding ortho intramolecular Hbond substituents is 1. The Kier molecular flexibility index (Phi) is 5.49. The summed E-state index contributed by atoms with van der Waals surface area (Å²) in [6, 6.07) is 4.72. The lowest BCUT2D eigenvalue weighted by molar-refractivity contribution is 0.102. The number of hydrogen-bond acceptors (Lipinski definition) is 4. The molecule has 1 heterocycles. The van der Waals surface area contributed by atoms with E-state index in [1.54, 1.807) is 19.1 Å². The molecule has 0 aliphatic rings. The van der Waals surface area contributed by atoms with Gasteiger partial charge in [-0.05, 0) is 43.2 Å². The summed E-state index contributed by atoms with van der Waals surface area (Å²) in [4.78, 5) is 16.6. The van der Waals surface area contributed by atoms with E-state index < -0.39 is 0 Å². The standard InChI is InChI=1S/C18H18N2O2S/c1-4-5-6-7-12(2)15-11-23-18(19-15)20-17(22)14-8-9-16(21)13(3)10-14/h4-11,21H,2H2,1,3H3,(H,19,20,22)/b5-4-,7-6-. The number of benzene rings is 1. The fourth-order valence-electron chi connectivity index (χ4n) is 1.81. The predicted molar refractivity (Wildman–Crippen MR) is 95.9 cm³/mol. The summed E-state index contributed by atoms with van der Waals surface area (Å²) in [7, 11) is 0. The molecule has 0 saturated heterocycles. The van der Waals surface area contributed by atoms with Gasteiger partial charge >= 0.3 is 0 Å². The minimum atomic E-state index is -0.260. The molecular weight excluding hydrogens is 308 g/mol. The van der Waals surface area contributed by atoms with Crippen LogP contribution in [0.15, 0.2) is 54.5 Å². The highest BCUT2D eigenvalue weighted by atomic mass is 32.1. The van der Waals surface area contributed by atoms with Crippen LogP contribution in [-0.4, -0.2) is 16.0 Å². The molecule has 118 valence electrons. The van der Waals surface area contributed by atoms with Crippen molar-refractivity contribution in [2.45, 2.75) is 13.8 Å². The predicted octanol–water partition coefficient (Wildman–Crippen LogP) is 4.55. The number of amides is 1. The molecule has 1 amide bonds. The number of nitrogens with zero attached hydrogens (tertiary/aromatic N) is 1. The zero-order valence-corrected chi connectivity index (χ0v) is 13.9. The Labute approximate surface area is 139 Å². The molecule has 0 radical (unpaired) electrons. The molecule has 2 rings (SSSR count). The van der Waals surface area contributed by atoms with Crippen LogP contribution >= 0.6 is 11.3 Å². The van der Waals surface area contributed by atoms with Crippen LogP contribution in [0.3, 0.4) is 0 Å². The summed E-state index contributed by atoms with van der Waals surface area (Å²) in [5.74, 6) is -0.0913. The lowest BCUT2D eigenvalue weighted by Gasteiger charge is -2.04. The minimum absolute atomic E-state index is 0.169. The van der Waals surface area contributed by atoms with Crippen LogP contribution in [0.25, 0.3) is 5.57 Å². The van der Waals surface area contributed by atoms with Gasteiger partial charge in [-0.1, -0.05) is 30.9 Å². The number of hydrogen-bond donors (Lipinski definition) is 2. The summed E-state index contributed by atoms with van der Waals surface area (Å²) in [6.07, 6.45) is 7.59. The first-order chi connectivity index (χ1) is 11.0. The second-order valence-electron chi connectivity index (χ2n) is 4.90. The van der Waals surface area contributed by atoms with Crippen LogP contribution in [0.4, 0.5) is 5.13 Å². The second-order valence-corrected chi connectivity index (χ2v) is 5.76. The van der Waals surface area contributed by atoms with Crippen LogP contribution in [0.5, 0.6) is 5.75 Å². The lowest BCUT2D eigenvalue weighted by atomic mass is 10.1. The fourth-order valence-corrected chi connectivity index (χ4v) is 2.54. The SMILES string of the molecule is C=C(/C=C\C=C/C)c1csc(NC(=O)c2ccc(O)c(C)c2)n1. The van der Waals surface area contributed by atoms with E-state index in [4.69, 9.17) is 0 Å². The number of aromatic hydroxyl groups is 1. The smallest absolute Gasteiger partial charge is 0.257 e. The highest BCUT2D eigenvalue weighted by molar-refractivity contribution is 7.14. The maximum Gasteiger partial charge on any atom is 0.257 e. The van der Waals surface area contributed by atoms with Crippen molar-refractivity contribution in [2.24, 2.45) is 0 Å². The van der Waals surface area contributed by atoms with E-state index in [9.17, 15) is 9.90 Å². The first-order valence-corrected chi connectivity index (χ1v) is 7.94. The molecular formula is C18H18N2O2S. The molecule has 1 aromatic carbocycles. The van der Waals surface area contributed by atoms with E-state index >= 15 is 0 Å². The zero-order chi connectivity index (χ0) is 16.8. The fraction of sp³-hybridized carbons (Fsp3) is 0.111. The van der Waals surface area contributed by atoms with E-state index in [0.29, 0.717) is 16.3 Å². The van der Waals surface area contributed by atoms with Gasteiger partial charge < -0.3 is 5.11 Å². The molecule has 23 heavy (non-hydrogen) atoms. The molecule has 0 aliphatic carbocycles. The summed E-state index contributed by atoms with van der Waals surface area (Å²) in [5, 5.41) is 14.6. The maximum atomic E-state index is 12.2. The molecule has 0 atom stereocenters. The van der Waals surface area contributed by atoms with E-state index in [2.05, 4.69) is 16.9 Å². The van der Waals surface area contributed by atoms with Gasteiger partial charge in [0.25, 0.3) is 5.91 Å². The number of aryl methyl sites for hydroxylation is 1. The molecule has 2 aromatic rings. The van der Waals surface area contributed by atoms with E-state index in [1.165, 1.54) is 17.4 Å². The van der Waals surface area contributed by atoms with Gasteiger partial charge in [0.1, 0.15) is 5.75 Å². The Morgan fingerprint density at radius 2 is 2.17 bits per heavy atom. The molecule has 0 saturated carbocycles. The van der Waals surface area contributed by atoms with E-state index in [-0.39, 0.29) is 11.7 Å². The van der Waals surface area contributed by atoms with Gasteiger partial charge in [-0.25, -0.2) is 4.98 Å². The minimum Gasteiger partial charge on any atom is -0.508 e. The number of carbonyl (C=O) groups excluding carboxylic acids is 1. The second kappa shape index (κ2) is 7.56. The van der Waals surface area contributed by atoms with Gasteiger partial charge in [-0.15, -0.1) is 11.3 Å². The third kappa shape index (κ3) is 4.40. The third-order valence-corrected chi connectivity index (χ3v) is 3.87. The Morgan fingerprint density at radius 1 is 1.39 bits per heavy atom. The molecule has 0 fully saturated rings. The van der Waals surface area contributed by atoms with Gasteiger partial charge in [0.2, 0.25) is 0 Å². The van der Waals surface area contributed by atoms with Gasteiger partial charge in [0.05, 0.1) is 5.69 Å². The molecule has 4 nitrogen and oxygen atoms in total. The first kappa shape index (κ1) is 16.7. The molecule has 0 bridgehead atoms. The monoisotopic (exact) mass is 326 g/mol. The average molecular weight is 326 g/mol. The average Bonchev–Trinajstić information content (AvgIpc) is 2.98. The van der Waals surface area contributed by atoms with Crippen molar-refractivity contribution in [3.8, 4) is 5.75 Å². The van der Waals surface area contributed by atoms with Gasteiger partial charge in [0.15, 0.2) is 5.13 Å². The number of phenols is 1. The number of rotatable bonds is 5. The van der Waals surface area contributed by atoms with Crippen molar-refractivity contribution in [1.82, 2.24) is 4.98 Å². The van der Waals surface area contributed by atoms with Crippen LogP contribution in [0, 0.1) is 6.92 Å². The number of nitrogens with one attached hydrogen (secondary N) is 1. The van der Waals surface area contributed by atoms with Crippen molar-refractivity contribution >= 4 is 27.9 Å². The van der Waals surface area contributed by atoms with Crippen LogP contribution in [0.1, 0.15) is 28.5 Å². The van der Waals surface area contributed by atoms with Gasteiger partial charge in [-0.2, -0.15) is 0 Å². The number of thiazole rings is 1. The third-order valence-electron chi connectivity index (χ3n) is 3.11. The molecule has 1 aromatic heterocycles. The summed E-state index contributed by atoms with van der Waals surface area (Å²) in [6.45, 7) is 7.64. The zero-order valence-electron chi connectivity index (χ0n) is 13.0. The lowest BCUT2D eigenvalue weighted by Crippen LogP contribution is -2.11. The Hall–Kier alpha value is -2.66. The largest absolute Gasteiger partial charge is 0.508 e. The maximum absolute atomic E-state index is 12.2. The van der Waals surface area contributed by atoms with Crippen molar-refractivity contribution in [3.05, 3.63) is 71.3 Å². The van der Waals surface area contributed by atoms with E-state index in [0.717, 1.165) is 11.3 Å². The Balaban J connectivity index is 2.07. The number of anilines is 1. The highest BCUT2D eigenvalue weighted by Gasteiger charge is 2.11. The number of allylic oxidation sites excluding steroid dienone is 5. The first-order valence-electron chi connectivity index (χ1n) is 7.06.